The molecule has 42 heavy (non-hydrogen) atoms. The van der Waals surface area contributed by atoms with Crippen LogP contribution in [0.1, 0.15) is 194 Å². The molecule has 0 saturated carbocycles. The van der Waals surface area contributed by atoms with Gasteiger partial charge in [-0.25, -0.2) is 0 Å². The summed E-state index contributed by atoms with van der Waals surface area (Å²) in [4.78, 5) is 12.3. The average molecular weight is 592 g/mol. The van der Waals surface area contributed by atoms with Crippen LogP contribution in [0.3, 0.4) is 0 Å². The van der Waals surface area contributed by atoms with Gasteiger partial charge in [0.15, 0.2) is 0 Å². The van der Waals surface area contributed by atoms with Crippen LogP contribution in [0, 0.1) is 0 Å². The molecule has 0 spiro atoms. The Morgan fingerprint density at radius 1 is 0.548 bits per heavy atom. The number of hydrogen-bond donors (Lipinski definition) is 3. The van der Waals surface area contributed by atoms with Crippen molar-refractivity contribution < 1.29 is 15.0 Å². The van der Waals surface area contributed by atoms with Crippen molar-refractivity contribution in [1.82, 2.24) is 5.32 Å². The van der Waals surface area contributed by atoms with E-state index in [1.807, 2.05) is 6.08 Å². The first-order valence-electron chi connectivity index (χ1n) is 18.6. The lowest BCUT2D eigenvalue weighted by Crippen LogP contribution is -2.45. The number of rotatable bonds is 33. The molecule has 248 valence electrons. The Hall–Kier alpha value is -1.13. The van der Waals surface area contributed by atoms with Crippen LogP contribution in [0.25, 0.3) is 0 Å². The average Bonchev–Trinajstić information content (AvgIpc) is 2.99. The van der Waals surface area contributed by atoms with Crippen LogP contribution in [0.15, 0.2) is 24.3 Å². The third-order valence-electron chi connectivity index (χ3n) is 8.44. The summed E-state index contributed by atoms with van der Waals surface area (Å²) in [5, 5.41) is 22.8. The predicted octanol–water partition coefficient (Wildman–Crippen LogP) is 10.9. The molecule has 2 atom stereocenters. The summed E-state index contributed by atoms with van der Waals surface area (Å²) in [6, 6.07) is -0.632. The molecule has 1 amide bonds. The highest BCUT2D eigenvalue weighted by Crippen LogP contribution is 2.15. The zero-order valence-corrected chi connectivity index (χ0v) is 28.3. The van der Waals surface area contributed by atoms with Gasteiger partial charge in [0.1, 0.15) is 0 Å². The van der Waals surface area contributed by atoms with Crippen LogP contribution in [-0.4, -0.2) is 34.9 Å². The quantitative estimate of drug-likeness (QED) is 0.0525. The van der Waals surface area contributed by atoms with Crippen molar-refractivity contribution in [3.05, 3.63) is 24.3 Å². The number of aliphatic hydroxyl groups excluding tert-OH is 2. The van der Waals surface area contributed by atoms with Crippen molar-refractivity contribution in [2.45, 2.75) is 206 Å². The zero-order chi connectivity index (χ0) is 30.8. The van der Waals surface area contributed by atoms with E-state index in [0.717, 1.165) is 32.1 Å². The zero-order valence-electron chi connectivity index (χ0n) is 28.3. The number of carbonyl (C=O) groups excluding carboxylic acids is 1. The third kappa shape index (κ3) is 30.3. The van der Waals surface area contributed by atoms with Gasteiger partial charge in [0.05, 0.1) is 18.8 Å². The fraction of sp³-hybridized carbons (Fsp3) is 0.868. The van der Waals surface area contributed by atoms with Crippen LogP contribution in [0.2, 0.25) is 0 Å². The second kappa shape index (κ2) is 34.4. The monoisotopic (exact) mass is 592 g/mol. The van der Waals surface area contributed by atoms with E-state index >= 15 is 0 Å². The molecule has 4 heteroatoms. The Kier molecular flexibility index (Phi) is 33.4. The molecular weight excluding hydrogens is 518 g/mol. The molecule has 0 aromatic heterocycles. The molecule has 0 bridgehead atoms. The molecule has 4 nitrogen and oxygen atoms in total. The van der Waals surface area contributed by atoms with Crippen LogP contribution >= 0.6 is 0 Å². The third-order valence-corrected chi connectivity index (χ3v) is 8.44. The summed E-state index contributed by atoms with van der Waals surface area (Å²) in [5.41, 5.74) is 0. The van der Waals surface area contributed by atoms with Gasteiger partial charge in [-0.15, -0.1) is 0 Å². The molecule has 0 radical (unpaired) electrons. The number of allylic oxidation sites excluding steroid dienone is 3. The van der Waals surface area contributed by atoms with E-state index in [1.165, 1.54) is 141 Å². The van der Waals surface area contributed by atoms with E-state index < -0.39 is 12.1 Å². The maximum absolute atomic E-state index is 12.3. The normalized spacial score (nSPS) is 13.3. The van der Waals surface area contributed by atoms with E-state index in [1.54, 1.807) is 6.08 Å². The molecule has 0 aromatic rings. The van der Waals surface area contributed by atoms with E-state index in [2.05, 4.69) is 31.3 Å². The largest absolute Gasteiger partial charge is 0.394 e. The Balaban J connectivity index is 3.55. The van der Waals surface area contributed by atoms with Crippen LogP contribution < -0.4 is 5.32 Å². The second-order valence-corrected chi connectivity index (χ2v) is 12.6. The number of unbranched alkanes of at least 4 members (excludes halogenated alkanes) is 24. The Morgan fingerprint density at radius 3 is 1.38 bits per heavy atom. The molecule has 0 unspecified atom stereocenters. The summed E-state index contributed by atoms with van der Waals surface area (Å²) in [6.45, 7) is 4.26. The molecule has 0 aliphatic rings. The Labute approximate surface area is 262 Å². The summed E-state index contributed by atoms with van der Waals surface area (Å²) in [5.74, 6) is -0.0742. The molecule has 0 aliphatic carbocycles. The van der Waals surface area contributed by atoms with Gasteiger partial charge in [-0.3, -0.25) is 4.79 Å². The van der Waals surface area contributed by atoms with E-state index in [0.29, 0.717) is 6.42 Å². The SMILES string of the molecule is CCCCCC/C=C/CC/C=C/[C@@H](O)[C@H](CO)NC(=O)CCCCCCCCCCCCCCCCCCCCCC. The van der Waals surface area contributed by atoms with Gasteiger partial charge in [0.25, 0.3) is 0 Å². The lowest BCUT2D eigenvalue weighted by Gasteiger charge is -2.19. The van der Waals surface area contributed by atoms with Crippen molar-refractivity contribution in [2.24, 2.45) is 0 Å². The van der Waals surface area contributed by atoms with Gasteiger partial charge in [-0.1, -0.05) is 179 Å². The van der Waals surface area contributed by atoms with Crippen molar-refractivity contribution in [2.75, 3.05) is 6.61 Å². The topological polar surface area (TPSA) is 69.6 Å². The minimum Gasteiger partial charge on any atom is -0.394 e. The van der Waals surface area contributed by atoms with Gasteiger partial charge in [0.2, 0.25) is 5.91 Å². The molecule has 0 rings (SSSR count). The van der Waals surface area contributed by atoms with Crippen molar-refractivity contribution >= 4 is 5.91 Å². The number of aliphatic hydroxyl groups is 2. The minimum atomic E-state index is -0.855. The second-order valence-electron chi connectivity index (χ2n) is 12.6. The van der Waals surface area contributed by atoms with E-state index in [4.69, 9.17) is 0 Å². The number of amides is 1. The molecule has 0 saturated heterocycles. The minimum absolute atomic E-state index is 0.0742. The molecule has 3 N–H and O–H groups in total. The van der Waals surface area contributed by atoms with Gasteiger partial charge in [0, 0.05) is 6.42 Å². The van der Waals surface area contributed by atoms with Gasteiger partial charge < -0.3 is 15.5 Å². The summed E-state index contributed by atoms with van der Waals surface area (Å²) in [6.07, 6.45) is 42.7. The van der Waals surface area contributed by atoms with Crippen molar-refractivity contribution in [3.63, 3.8) is 0 Å². The molecule has 0 aliphatic heterocycles. The Morgan fingerprint density at radius 2 is 0.929 bits per heavy atom. The first kappa shape index (κ1) is 40.9. The van der Waals surface area contributed by atoms with E-state index in [9.17, 15) is 15.0 Å². The lowest BCUT2D eigenvalue weighted by molar-refractivity contribution is -0.123. The van der Waals surface area contributed by atoms with Gasteiger partial charge in [-0.05, 0) is 32.1 Å². The fourth-order valence-electron chi connectivity index (χ4n) is 5.55. The van der Waals surface area contributed by atoms with Gasteiger partial charge in [-0.2, -0.15) is 0 Å². The predicted molar refractivity (Wildman–Crippen MR) is 184 cm³/mol. The van der Waals surface area contributed by atoms with Crippen LogP contribution in [-0.2, 0) is 4.79 Å². The maximum atomic E-state index is 12.3. The summed E-state index contributed by atoms with van der Waals surface area (Å²) >= 11 is 0. The Bertz CT molecular complexity index is 603. The highest BCUT2D eigenvalue weighted by molar-refractivity contribution is 5.76. The number of hydrogen-bond acceptors (Lipinski definition) is 3. The van der Waals surface area contributed by atoms with Crippen LogP contribution in [0.5, 0.6) is 0 Å². The molecular formula is C38H73NO3. The van der Waals surface area contributed by atoms with Crippen molar-refractivity contribution in [1.29, 1.82) is 0 Å². The standard InChI is InChI=1S/C38H73NO3/c1-3-5-7-9-11-13-15-16-17-18-19-20-21-22-23-24-26-28-30-32-34-38(42)39-36(35-40)37(41)33-31-29-27-25-14-12-10-8-6-4-2/h14,25,31,33,36-37,40-41H,3-13,15-24,26-30,32,34-35H2,1-2H3,(H,39,42)/b25-14+,33-31+/t36-,37+/m0/s1. The van der Waals surface area contributed by atoms with Gasteiger partial charge >= 0.3 is 0 Å². The summed E-state index contributed by atoms with van der Waals surface area (Å²) in [7, 11) is 0. The maximum Gasteiger partial charge on any atom is 0.220 e. The van der Waals surface area contributed by atoms with Crippen molar-refractivity contribution in [3.8, 4) is 0 Å². The first-order valence-corrected chi connectivity index (χ1v) is 18.6. The first-order chi connectivity index (χ1) is 20.7. The molecule has 0 fully saturated rings. The lowest BCUT2D eigenvalue weighted by atomic mass is 10.0. The van der Waals surface area contributed by atoms with Crippen LogP contribution in [0.4, 0.5) is 0 Å². The van der Waals surface area contributed by atoms with E-state index in [-0.39, 0.29) is 12.5 Å². The molecule has 0 heterocycles. The molecule has 0 aromatic carbocycles. The number of carbonyl (C=O) groups is 1. The summed E-state index contributed by atoms with van der Waals surface area (Å²) < 4.78 is 0. The fourth-order valence-corrected chi connectivity index (χ4v) is 5.55. The highest BCUT2D eigenvalue weighted by Gasteiger charge is 2.17. The smallest absolute Gasteiger partial charge is 0.220 e. The highest BCUT2D eigenvalue weighted by atomic mass is 16.3. The number of nitrogens with one attached hydrogen (secondary N) is 1.